The molecule has 1 aromatic carbocycles. The Kier molecular flexibility index (Phi) is 4.37. The van der Waals surface area contributed by atoms with Gasteiger partial charge in [-0.05, 0) is 31.5 Å². The van der Waals surface area contributed by atoms with E-state index in [0.717, 1.165) is 5.75 Å². The molecule has 0 aliphatic heterocycles. The molecule has 0 amide bonds. The lowest BCUT2D eigenvalue weighted by Gasteiger charge is -2.18. The van der Waals surface area contributed by atoms with Gasteiger partial charge in [0.05, 0.1) is 7.11 Å². The summed E-state index contributed by atoms with van der Waals surface area (Å²) in [5.74, 6) is 0.896. The second-order valence-corrected chi connectivity index (χ2v) is 3.69. The number of hydrogen-bond acceptors (Lipinski definition) is 2. The van der Waals surface area contributed by atoms with Crippen LogP contribution in [0.25, 0.3) is 0 Å². The van der Waals surface area contributed by atoms with Gasteiger partial charge in [0, 0.05) is 12.1 Å². The Balaban J connectivity index is 2.72. The third-order valence-corrected chi connectivity index (χ3v) is 2.46. The van der Waals surface area contributed by atoms with Crippen LogP contribution in [-0.2, 0) is 0 Å². The van der Waals surface area contributed by atoms with Crippen molar-refractivity contribution in [3.63, 3.8) is 0 Å². The van der Waals surface area contributed by atoms with Crippen LogP contribution in [0.3, 0.4) is 0 Å². The van der Waals surface area contributed by atoms with Gasteiger partial charge in [-0.15, -0.1) is 6.58 Å². The molecule has 0 aromatic heterocycles. The second-order valence-electron chi connectivity index (χ2n) is 3.69. The van der Waals surface area contributed by atoms with Crippen molar-refractivity contribution >= 4 is 0 Å². The van der Waals surface area contributed by atoms with Crippen molar-refractivity contribution in [3.05, 3.63) is 42.5 Å². The minimum Gasteiger partial charge on any atom is -0.497 e. The van der Waals surface area contributed by atoms with Gasteiger partial charge in [0.25, 0.3) is 0 Å². The van der Waals surface area contributed by atoms with E-state index in [0.29, 0.717) is 12.1 Å². The van der Waals surface area contributed by atoms with E-state index in [1.165, 1.54) is 5.56 Å². The molecule has 0 saturated heterocycles. The van der Waals surface area contributed by atoms with E-state index in [4.69, 9.17) is 4.74 Å². The molecule has 0 aliphatic carbocycles. The number of ether oxygens (including phenoxy) is 1. The van der Waals surface area contributed by atoms with Crippen molar-refractivity contribution < 1.29 is 4.74 Å². The molecule has 2 nitrogen and oxygen atoms in total. The first-order chi connectivity index (χ1) is 7.17. The van der Waals surface area contributed by atoms with Crippen LogP contribution in [0.5, 0.6) is 5.75 Å². The minimum atomic E-state index is 0.299. The van der Waals surface area contributed by atoms with Crippen molar-refractivity contribution in [1.82, 2.24) is 5.32 Å². The Morgan fingerprint density at radius 3 is 2.73 bits per heavy atom. The molecular weight excluding hydrogens is 186 g/mol. The van der Waals surface area contributed by atoms with Gasteiger partial charge in [-0.3, -0.25) is 0 Å². The summed E-state index contributed by atoms with van der Waals surface area (Å²) in [4.78, 5) is 0. The monoisotopic (exact) mass is 205 g/mol. The van der Waals surface area contributed by atoms with Gasteiger partial charge < -0.3 is 10.1 Å². The zero-order valence-electron chi connectivity index (χ0n) is 9.66. The van der Waals surface area contributed by atoms with E-state index in [1.807, 2.05) is 24.3 Å². The van der Waals surface area contributed by atoms with Crippen molar-refractivity contribution in [2.75, 3.05) is 7.11 Å². The maximum Gasteiger partial charge on any atom is 0.119 e. The van der Waals surface area contributed by atoms with E-state index >= 15 is 0 Å². The van der Waals surface area contributed by atoms with Crippen LogP contribution in [0.1, 0.15) is 25.5 Å². The molecule has 1 rings (SSSR count). The van der Waals surface area contributed by atoms with Gasteiger partial charge in [-0.25, -0.2) is 0 Å². The summed E-state index contributed by atoms with van der Waals surface area (Å²) in [6.07, 6.45) is 1.90. The van der Waals surface area contributed by atoms with Gasteiger partial charge >= 0.3 is 0 Å². The number of methoxy groups -OCH3 is 1. The van der Waals surface area contributed by atoms with E-state index in [1.54, 1.807) is 7.11 Å². The number of nitrogens with one attached hydrogen (secondary N) is 1. The van der Waals surface area contributed by atoms with Gasteiger partial charge in [0.15, 0.2) is 0 Å². The highest BCUT2D eigenvalue weighted by Gasteiger charge is 2.07. The van der Waals surface area contributed by atoms with Crippen LogP contribution in [0.15, 0.2) is 36.9 Å². The molecule has 2 heteroatoms. The molecule has 82 valence electrons. The van der Waals surface area contributed by atoms with Gasteiger partial charge in [-0.2, -0.15) is 0 Å². The highest BCUT2D eigenvalue weighted by atomic mass is 16.5. The zero-order chi connectivity index (χ0) is 11.3. The normalized spacial score (nSPS) is 14.3. The molecule has 15 heavy (non-hydrogen) atoms. The first-order valence-electron chi connectivity index (χ1n) is 5.20. The standard InChI is InChI=1S/C13H19NO/c1-5-10(2)14-11(3)12-7-6-8-13(9-12)15-4/h5-11,14H,1H2,2-4H3. The average Bonchev–Trinajstić information content (AvgIpc) is 2.28. The average molecular weight is 205 g/mol. The number of hydrogen-bond donors (Lipinski definition) is 1. The fourth-order valence-electron chi connectivity index (χ4n) is 1.47. The maximum atomic E-state index is 5.19. The quantitative estimate of drug-likeness (QED) is 0.746. The molecule has 0 fully saturated rings. The Morgan fingerprint density at radius 1 is 1.40 bits per heavy atom. The van der Waals surface area contributed by atoms with E-state index in [-0.39, 0.29) is 0 Å². The second kappa shape index (κ2) is 5.56. The van der Waals surface area contributed by atoms with Gasteiger partial charge in [-0.1, -0.05) is 18.2 Å². The summed E-state index contributed by atoms with van der Waals surface area (Å²) >= 11 is 0. The van der Waals surface area contributed by atoms with Gasteiger partial charge in [0.2, 0.25) is 0 Å². The molecule has 0 heterocycles. The van der Waals surface area contributed by atoms with E-state index < -0.39 is 0 Å². The lowest BCUT2D eigenvalue weighted by molar-refractivity contribution is 0.413. The molecule has 2 unspecified atom stereocenters. The smallest absolute Gasteiger partial charge is 0.119 e. The Labute approximate surface area is 92.0 Å². The predicted molar refractivity (Wildman–Crippen MR) is 64.2 cm³/mol. The van der Waals surface area contributed by atoms with Crippen LogP contribution in [0.4, 0.5) is 0 Å². The van der Waals surface area contributed by atoms with Crippen LogP contribution in [0.2, 0.25) is 0 Å². The van der Waals surface area contributed by atoms with Gasteiger partial charge in [0.1, 0.15) is 5.75 Å². The van der Waals surface area contributed by atoms with E-state index in [2.05, 4.69) is 31.8 Å². The summed E-state index contributed by atoms with van der Waals surface area (Å²) in [7, 11) is 1.68. The summed E-state index contributed by atoms with van der Waals surface area (Å²) in [5.41, 5.74) is 1.23. The summed E-state index contributed by atoms with van der Waals surface area (Å²) in [6, 6.07) is 8.71. The summed E-state index contributed by atoms with van der Waals surface area (Å²) in [5, 5.41) is 3.42. The van der Waals surface area contributed by atoms with Crippen LogP contribution in [-0.4, -0.2) is 13.2 Å². The van der Waals surface area contributed by atoms with Crippen molar-refractivity contribution in [2.24, 2.45) is 0 Å². The predicted octanol–water partition coefficient (Wildman–Crippen LogP) is 2.92. The zero-order valence-corrected chi connectivity index (χ0v) is 9.66. The molecule has 0 spiro atoms. The third kappa shape index (κ3) is 3.40. The van der Waals surface area contributed by atoms with Crippen LogP contribution >= 0.6 is 0 Å². The van der Waals surface area contributed by atoms with Crippen molar-refractivity contribution in [3.8, 4) is 5.75 Å². The molecule has 2 atom stereocenters. The maximum absolute atomic E-state index is 5.19. The third-order valence-electron chi connectivity index (χ3n) is 2.46. The van der Waals surface area contributed by atoms with Crippen molar-refractivity contribution in [2.45, 2.75) is 25.9 Å². The highest BCUT2D eigenvalue weighted by molar-refractivity contribution is 5.30. The Morgan fingerprint density at radius 2 is 2.13 bits per heavy atom. The minimum absolute atomic E-state index is 0.299. The first kappa shape index (κ1) is 11.8. The summed E-state index contributed by atoms with van der Waals surface area (Å²) in [6.45, 7) is 7.97. The fourth-order valence-corrected chi connectivity index (χ4v) is 1.47. The SMILES string of the molecule is C=CC(C)NC(C)c1cccc(OC)c1. The lowest BCUT2D eigenvalue weighted by Crippen LogP contribution is -2.26. The largest absolute Gasteiger partial charge is 0.497 e. The molecule has 1 aromatic rings. The fraction of sp³-hybridized carbons (Fsp3) is 0.385. The summed E-state index contributed by atoms with van der Waals surface area (Å²) < 4.78 is 5.19. The highest BCUT2D eigenvalue weighted by Crippen LogP contribution is 2.19. The number of benzene rings is 1. The lowest BCUT2D eigenvalue weighted by atomic mass is 10.1. The van der Waals surface area contributed by atoms with Crippen LogP contribution < -0.4 is 10.1 Å². The van der Waals surface area contributed by atoms with E-state index in [9.17, 15) is 0 Å². The molecule has 0 saturated carbocycles. The van der Waals surface area contributed by atoms with Crippen LogP contribution in [0, 0.1) is 0 Å². The first-order valence-corrected chi connectivity index (χ1v) is 5.20. The Bertz CT molecular complexity index is 322. The molecular formula is C13H19NO. The molecule has 0 radical (unpaired) electrons. The Hall–Kier alpha value is -1.28. The topological polar surface area (TPSA) is 21.3 Å². The molecule has 1 N–H and O–H groups in total. The van der Waals surface area contributed by atoms with Crippen molar-refractivity contribution in [1.29, 1.82) is 0 Å². The number of rotatable bonds is 5. The molecule has 0 bridgehead atoms. The molecule has 0 aliphatic rings.